The van der Waals surface area contributed by atoms with Crippen LogP contribution in [0.25, 0.3) is 60.2 Å². The average Bonchev–Trinajstić information content (AvgIpc) is 3.53. The number of rotatable bonds is 5. The van der Waals surface area contributed by atoms with Crippen LogP contribution in [0.3, 0.4) is 0 Å². The molecule has 1 unspecified atom stereocenters. The summed E-state index contributed by atoms with van der Waals surface area (Å²) in [5, 5.41) is 10.9. The number of aliphatic imine (C=N–C) groups is 2. The van der Waals surface area contributed by atoms with Gasteiger partial charge in [0.05, 0.1) is 11.0 Å². The number of para-hydroxylation sites is 1. The Morgan fingerprint density at radius 3 is 1.86 bits per heavy atom. The molecule has 240 valence electrons. The van der Waals surface area contributed by atoms with Crippen LogP contribution in [-0.4, -0.2) is 16.2 Å². The molecule has 51 heavy (non-hydrogen) atoms. The van der Waals surface area contributed by atoms with Crippen LogP contribution in [0.5, 0.6) is 0 Å². The Balaban J connectivity index is 1.11. The molecule has 0 aliphatic carbocycles. The molecule has 1 aliphatic heterocycles. The fourth-order valence-electron chi connectivity index (χ4n) is 7.45. The molecule has 0 bridgehead atoms. The van der Waals surface area contributed by atoms with E-state index in [0.29, 0.717) is 0 Å². The van der Waals surface area contributed by atoms with Gasteiger partial charge < -0.3 is 9.88 Å². The van der Waals surface area contributed by atoms with Gasteiger partial charge in [0, 0.05) is 27.6 Å². The number of hydrogen-bond acceptors (Lipinski definition) is 3. The van der Waals surface area contributed by atoms with Gasteiger partial charge in [-0.3, -0.25) is 0 Å². The molecule has 10 rings (SSSR count). The van der Waals surface area contributed by atoms with Crippen LogP contribution < -0.4 is 5.32 Å². The first-order valence-corrected chi connectivity index (χ1v) is 17.4. The zero-order valence-corrected chi connectivity index (χ0v) is 27.7. The van der Waals surface area contributed by atoms with Crippen molar-refractivity contribution in [1.82, 2.24) is 9.88 Å². The maximum Gasteiger partial charge on any atom is 0.169 e. The third-order valence-electron chi connectivity index (χ3n) is 9.97. The van der Waals surface area contributed by atoms with Crippen LogP contribution in [0.4, 0.5) is 0 Å². The highest BCUT2D eigenvalue weighted by molar-refractivity contribution is 6.16. The molecular formula is C47H32N4. The van der Waals surface area contributed by atoms with Gasteiger partial charge in [-0.05, 0) is 80.7 Å². The molecule has 4 heteroatoms. The van der Waals surface area contributed by atoms with Gasteiger partial charge in [0.25, 0.3) is 0 Å². The van der Waals surface area contributed by atoms with Gasteiger partial charge >= 0.3 is 0 Å². The summed E-state index contributed by atoms with van der Waals surface area (Å²) in [6, 6.07) is 64.7. The summed E-state index contributed by atoms with van der Waals surface area (Å²) in [4.78, 5) is 10.4. The van der Waals surface area contributed by atoms with Crippen molar-refractivity contribution in [3.8, 4) is 16.8 Å². The van der Waals surface area contributed by atoms with Crippen molar-refractivity contribution in [3.63, 3.8) is 0 Å². The molecule has 9 aromatic rings. The predicted octanol–water partition coefficient (Wildman–Crippen LogP) is 11.3. The maximum atomic E-state index is 5.24. The van der Waals surface area contributed by atoms with Crippen molar-refractivity contribution in [3.05, 3.63) is 199 Å². The molecule has 1 aliphatic rings. The van der Waals surface area contributed by atoms with Gasteiger partial charge in [-0.15, -0.1) is 0 Å². The normalized spacial score (nSPS) is 14.5. The van der Waals surface area contributed by atoms with E-state index >= 15 is 0 Å². The first kappa shape index (κ1) is 29.2. The molecule has 0 radical (unpaired) electrons. The summed E-state index contributed by atoms with van der Waals surface area (Å²) >= 11 is 0. The molecule has 8 aromatic carbocycles. The van der Waals surface area contributed by atoms with E-state index in [1.54, 1.807) is 0 Å². The minimum Gasteiger partial charge on any atom is -0.324 e. The van der Waals surface area contributed by atoms with Crippen molar-refractivity contribution >= 4 is 55.0 Å². The molecular weight excluding hydrogens is 621 g/mol. The Kier molecular flexibility index (Phi) is 6.85. The largest absolute Gasteiger partial charge is 0.324 e. The third-order valence-corrected chi connectivity index (χ3v) is 9.97. The maximum absolute atomic E-state index is 5.24. The zero-order valence-electron chi connectivity index (χ0n) is 27.7. The second-order valence-corrected chi connectivity index (χ2v) is 13.1. The lowest BCUT2D eigenvalue weighted by Gasteiger charge is -2.23. The quantitative estimate of drug-likeness (QED) is 0.197. The van der Waals surface area contributed by atoms with Crippen molar-refractivity contribution < 1.29 is 0 Å². The molecule has 0 saturated carbocycles. The summed E-state index contributed by atoms with van der Waals surface area (Å²) in [5.74, 6) is 1.61. The standard InChI is InChI=1S/C47H32N4/c1-3-12-31(13-4-1)34-18-11-19-37(26-34)46-48-45(33-14-5-2-6-15-33)49-47(50-46)38-23-22-32-24-25-40(28-39(32)27-38)51-43-21-10-9-20-41(43)42-29-35-16-7-8-17-36(35)30-44(42)51/h1-30,47H,(H,48,49,50). The van der Waals surface area contributed by atoms with E-state index in [1.807, 2.05) is 24.3 Å². The third kappa shape index (κ3) is 5.17. The van der Waals surface area contributed by atoms with Crippen LogP contribution in [0.1, 0.15) is 22.9 Å². The number of hydrogen-bond donors (Lipinski definition) is 1. The van der Waals surface area contributed by atoms with E-state index in [4.69, 9.17) is 9.98 Å². The van der Waals surface area contributed by atoms with Gasteiger partial charge in [0.1, 0.15) is 11.7 Å². The molecule has 0 fully saturated rings. The van der Waals surface area contributed by atoms with E-state index < -0.39 is 6.17 Å². The number of aromatic nitrogens is 1. The minimum atomic E-state index is -0.413. The van der Waals surface area contributed by atoms with E-state index in [-0.39, 0.29) is 0 Å². The average molecular weight is 653 g/mol. The van der Waals surface area contributed by atoms with E-state index in [9.17, 15) is 0 Å². The number of fused-ring (bicyclic) bond motifs is 5. The predicted molar refractivity (Wildman–Crippen MR) is 213 cm³/mol. The van der Waals surface area contributed by atoms with E-state index in [2.05, 4.69) is 168 Å². The molecule has 0 amide bonds. The van der Waals surface area contributed by atoms with Crippen LogP contribution in [0.2, 0.25) is 0 Å². The monoisotopic (exact) mass is 652 g/mol. The summed E-state index contributed by atoms with van der Waals surface area (Å²) in [5.41, 5.74) is 8.93. The van der Waals surface area contributed by atoms with E-state index in [1.165, 1.54) is 43.5 Å². The lowest BCUT2D eigenvalue weighted by Crippen LogP contribution is -2.36. The number of amidine groups is 2. The fraction of sp³-hybridized carbons (Fsp3) is 0.0213. The van der Waals surface area contributed by atoms with Crippen molar-refractivity contribution in [2.24, 2.45) is 9.98 Å². The highest BCUT2D eigenvalue weighted by Gasteiger charge is 2.22. The van der Waals surface area contributed by atoms with Gasteiger partial charge in [-0.1, -0.05) is 140 Å². The van der Waals surface area contributed by atoms with Crippen LogP contribution in [-0.2, 0) is 0 Å². The topological polar surface area (TPSA) is 41.7 Å². The van der Waals surface area contributed by atoms with Gasteiger partial charge in [0.2, 0.25) is 0 Å². The summed E-state index contributed by atoms with van der Waals surface area (Å²) in [7, 11) is 0. The van der Waals surface area contributed by atoms with Crippen molar-refractivity contribution in [2.45, 2.75) is 6.17 Å². The van der Waals surface area contributed by atoms with Crippen LogP contribution in [0.15, 0.2) is 192 Å². The Labute approximate surface area is 295 Å². The van der Waals surface area contributed by atoms with Gasteiger partial charge in [0.15, 0.2) is 6.17 Å². The highest BCUT2D eigenvalue weighted by Crippen LogP contribution is 2.36. The van der Waals surface area contributed by atoms with Crippen LogP contribution in [0, 0.1) is 0 Å². The number of nitrogens with zero attached hydrogens (tertiary/aromatic N) is 3. The second kappa shape index (κ2) is 12.0. The molecule has 1 aromatic heterocycles. The van der Waals surface area contributed by atoms with Crippen LogP contribution >= 0.6 is 0 Å². The highest BCUT2D eigenvalue weighted by atomic mass is 15.2. The summed E-state index contributed by atoms with van der Waals surface area (Å²) in [6.45, 7) is 0. The van der Waals surface area contributed by atoms with Crippen molar-refractivity contribution in [1.29, 1.82) is 0 Å². The lowest BCUT2D eigenvalue weighted by molar-refractivity contribution is 0.757. The zero-order chi connectivity index (χ0) is 33.7. The number of benzene rings is 8. The van der Waals surface area contributed by atoms with Crippen molar-refractivity contribution in [2.75, 3.05) is 0 Å². The Morgan fingerprint density at radius 1 is 0.392 bits per heavy atom. The molecule has 1 atom stereocenters. The number of nitrogens with one attached hydrogen (secondary N) is 1. The molecule has 2 heterocycles. The minimum absolute atomic E-state index is 0.413. The lowest BCUT2D eigenvalue weighted by atomic mass is 10.0. The Hall–Kier alpha value is -6.78. The summed E-state index contributed by atoms with van der Waals surface area (Å²) < 4.78 is 2.40. The molecule has 0 spiro atoms. The molecule has 1 N–H and O–H groups in total. The molecule has 0 saturated heterocycles. The smallest absolute Gasteiger partial charge is 0.169 e. The Morgan fingerprint density at radius 2 is 1.04 bits per heavy atom. The Bertz CT molecular complexity index is 2830. The second-order valence-electron chi connectivity index (χ2n) is 13.1. The van der Waals surface area contributed by atoms with Gasteiger partial charge in [-0.2, -0.15) is 0 Å². The first-order valence-electron chi connectivity index (χ1n) is 17.4. The fourth-order valence-corrected chi connectivity index (χ4v) is 7.45. The van der Waals surface area contributed by atoms with E-state index in [0.717, 1.165) is 45.0 Å². The van der Waals surface area contributed by atoms with Gasteiger partial charge in [-0.25, -0.2) is 9.98 Å². The molecule has 4 nitrogen and oxygen atoms in total. The SMILES string of the molecule is c1ccc(C2=NC(c3ccc4ccc(-n5c6ccccc6c6cc7ccccc7cc65)cc4c3)N=C(c3cccc(-c4ccccc4)c3)N2)cc1. The first-order chi connectivity index (χ1) is 25.2. The summed E-state index contributed by atoms with van der Waals surface area (Å²) in [6.07, 6.45) is -0.413.